The average Bonchev–Trinajstić information content (AvgIpc) is 2.45. The van der Waals surface area contributed by atoms with Crippen LogP contribution in [-0.4, -0.2) is 11.2 Å². The van der Waals surface area contributed by atoms with Crippen LogP contribution < -0.4 is 5.32 Å². The Labute approximate surface area is 122 Å². The predicted octanol–water partition coefficient (Wildman–Crippen LogP) is 4.91. The molecule has 3 heteroatoms. The molecule has 1 amide bonds. The fourth-order valence-electron chi connectivity index (χ4n) is 2.51. The number of hydrogen-bond donors (Lipinski definition) is 2. The number of carboxylic acid groups (broad SMARTS) is 1. The van der Waals surface area contributed by atoms with Crippen LogP contribution in [0.4, 0.5) is 10.5 Å². The number of rotatable bonds is 2. The first-order chi connectivity index (χ1) is 10.1. The molecule has 0 unspecified atom stereocenters. The molecule has 0 saturated carbocycles. The van der Waals surface area contributed by atoms with E-state index >= 15 is 0 Å². The van der Waals surface area contributed by atoms with E-state index in [1.807, 2.05) is 31.2 Å². The third-order valence-corrected chi connectivity index (χ3v) is 3.41. The number of amides is 1. The number of benzene rings is 3. The van der Waals surface area contributed by atoms with Crippen LogP contribution in [0.25, 0.3) is 21.9 Å². The van der Waals surface area contributed by atoms with Crippen molar-refractivity contribution in [2.75, 3.05) is 5.32 Å². The van der Waals surface area contributed by atoms with Gasteiger partial charge < -0.3 is 5.11 Å². The van der Waals surface area contributed by atoms with Crippen LogP contribution in [0.5, 0.6) is 0 Å². The standard InChI is InChI=1S/C18H15NO2/c1-12-8-16(11-17(9-12)19-18(20)21)15-7-6-13-4-2-3-5-14(13)10-15/h2-11,19H,1H3,(H,20,21). The second-order valence-electron chi connectivity index (χ2n) is 5.08. The van der Waals surface area contributed by atoms with Crippen LogP contribution in [0.1, 0.15) is 5.56 Å². The molecule has 3 aromatic carbocycles. The molecule has 0 aliphatic heterocycles. The first kappa shape index (κ1) is 13.2. The van der Waals surface area contributed by atoms with Crippen molar-refractivity contribution in [2.24, 2.45) is 0 Å². The molecule has 0 fully saturated rings. The molecule has 0 saturated heterocycles. The number of aryl methyl sites for hydroxylation is 1. The van der Waals surface area contributed by atoms with Gasteiger partial charge in [-0.15, -0.1) is 0 Å². The molecular weight excluding hydrogens is 262 g/mol. The highest BCUT2D eigenvalue weighted by molar-refractivity contribution is 5.89. The predicted molar refractivity (Wildman–Crippen MR) is 85.8 cm³/mol. The van der Waals surface area contributed by atoms with Gasteiger partial charge in [-0.05, 0) is 52.6 Å². The van der Waals surface area contributed by atoms with Gasteiger partial charge >= 0.3 is 6.09 Å². The summed E-state index contributed by atoms with van der Waals surface area (Å²) in [5, 5.41) is 13.6. The number of hydrogen-bond acceptors (Lipinski definition) is 1. The highest BCUT2D eigenvalue weighted by Gasteiger charge is 2.04. The highest BCUT2D eigenvalue weighted by Crippen LogP contribution is 2.27. The minimum Gasteiger partial charge on any atom is -0.465 e. The molecule has 3 rings (SSSR count). The molecule has 0 radical (unpaired) electrons. The van der Waals surface area contributed by atoms with E-state index in [9.17, 15) is 4.79 Å². The molecule has 21 heavy (non-hydrogen) atoms. The maximum Gasteiger partial charge on any atom is 0.409 e. The zero-order chi connectivity index (χ0) is 14.8. The molecule has 0 heterocycles. The van der Waals surface area contributed by atoms with Crippen LogP contribution in [0.15, 0.2) is 60.7 Å². The molecule has 0 aliphatic rings. The van der Waals surface area contributed by atoms with Crippen molar-refractivity contribution in [1.29, 1.82) is 0 Å². The van der Waals surface area contributed by atoms with Crippen LogP contribution in [0, 0.1) is 6.92 Å². The number of nitrogens with one attached hydrogen (secondary N) is 1. The van der Waals surface area contributed by atoms with Gasteiger partial charge in [0.1, 0.15) is 0 Å². The third-order valence-electron chi connectivity index (χ3n) is 3.41. The average molecular weight is 277 g/mol. The summed E-state index contributed by atoms with van der Waals surface area (Å²) < 4.78 is 0. The van der Waals surface area contributed by atoms with Crippen molar-refractivity contribution >= 4 is 22.6 Å². The highest BCUT2D eigenvalue weighted by atomic mass is 16.4. The minimum absolute atomic E-state index is 0.589. The van der Waals surface area contributed by atoms with Gasteiger partial charge in [0.05, 0.1) is 0 Å². The van der Waals surface area contributed by atoms with Crippen molar-refractivity contribution in [3.05, 3.63) is 66.2 Å². The van der Waals surface area contributed by atoms with Crippen molar-refractivity contribution in [2.45, 2.75) is 6.92 Å². The van der Waals surface area contributed by atoms with Gasteiger partial charge in [0.15, 0.2) is 0 Å². The van der Waals surface area contributed by atoms with Crippen LogP contribution in [0.3, 0.4) is 0 Å². The van der Waals surface area contributed by atoms with E-state index in [1.54, 1.807) is 0 Å². The molecule has 3 nitrogen and oxygen atoms in total. The quantitative estimate of drug-likeness (QED) is 0.699. The maximum atomic E-state index is 10.8. The molecular formula is C18H15NO2. The monoisotopic (exact) mass is 277 g/mol. The fraction of sp³-hybridized carbons (Fsp3) is 0.0556. The summed E-state index contributed by atoms with van der Waals surface area (Å²) in [7, 11) is 0. The van der Waals surface area contributed by atoms with Crippen LogP contribution >= 0.6 is 0 Å². The van der Waals surface area contributed by atoms with E-state index in [-0.39, 0.29) is 0 Å². The summed E-state index contributed by atoms with van der Waals surface area (Å²) in [5.74, 6) is 0. The zero-order valence-electron chi connectivity index (χ0n) is 11.6. The molecule has 3 aromatic rings. The maximum absolute atomic E-state index is 10.8. The van der Waals surface area contributed by atoms with E-state index < -0.39 is 6.09 Å². The molecule has 0 bridgehead atoms. The van der Waals surface area contributed by atoms with E-state index in [4.69, 9.17) is 5.11 Å². The molecule has 0 aliphatic carbocycles. The van der Waals surface area contributed by atoms with Gasteiger partial charge in [-0.25, -0.2) is 4.79 Å². The Balaban J connectivity index is 2.08. The van der Waals surface area contributed by atoms with Crippen LogP contribution in [-0.2, 0) is 0 Å². The van der Waals surface area contributed by atoms with Gasteiger partial charge in [0.2, 0.25) is 0 Å². The Morgan fingerprint density at radius 3 is 2.43 bits per heavy atom. The van der Waals surface area contributed by atoms with E-state index in [0.29, 0.717) is 5.69 Å². The van der Waals surface area contributed by atoms with Crippen molar-refractivity contribution < 1.29 is 9.90 Å². The number of carbonyl (C=O) groups is 1. The SMILES string of the molecule is Cc1cc(NC(=O)O)cc(-c2ccc3ccccc3c2)c1. The van der Waals surface area contributed by atoms with Gasteiger partial charge in [-0.1, -0.05) is 42.5 Å². The molecule has 0 atom stereocenters. The van der Waals surface area contributed by atoms with Crippen molar-refractivity contribution in [3.8, 4) is 11.1 Å². The summed E-state index contributed by atoms with van der Waals surface area (Å²) in [6.45, 7) is 1.96. The zero-order valence-corrected chi connectivity index (χ0v) is 11.6. The molecule has 0 aromatic heterocycles. The lowest BCUT2D eigenvalue weighted by Crippen LogP contribution is -2.07. The first-order valence-electron chi connectivity index (χ1n) is 6.73. The normalized spacial score (nSPS) is 10.5. The largest absolute Gasteiger partial charge is 0.465 e. The summed E-state index contributed by atoms with van der Waals surface area (Å²) in [4.78, 5) is 10.8. The fourth-order valence-corrected chi connectivity index (χ4v) is 2.51. The molecule has 0 spiro atoms. The van der Waals surface area contributed by atoms with E-state index in [1.165, 1.54) is 10.8 Å². The lowest BCUT2D eigenvalue weighted by molar-refractivity contribution is 0.210. The third kappa shape index (κ3) is 2.87. The van der Waals surface area contributed by atoms with Crippen molar-refractivity contribution in [1.82, 2.24) is 0 Å². The van der Waals surface area contributed by atoms with E-state index in [2.05, 4.69) is 41.7 Å². The van der Waals surface area contributed by atoms with Gasteiger partial charge in [-0.2, -0.15) is 0 Å². The summed E-state index contributed by atoms with van der Waals surface area (Å²) in [5.41, 5.74) is 3.69. The topological polar surface area (TPSA) is 49.3 Å². The summed E-state index contributed by atoms with van der Waals surface area (Å²) in [6.07, 6.45) is -1.05. The Morgan fingerprint density at radius 1 is 0.905 bits per heavy atom. The number of anilines is 1. The smallest absolute Gasteiger partial charge is 0.409 e. The first-order valence-corrected chi connectivity index (χ1v) is 6.73. The summed E-state index contributed by atoms with van der Waals surface area (Å²) >= 11 is 0. The molecule has 104 valence electrons. The summed E-state index contributed by atoms with van der Waals surface area (Å²) in [6, 6.07) is 20.2. The second kappa shape index (κ2) is 5.29. The number of fused-ring (bicyclic) bond motifs is 1. The molecule has 2 N–H and O–H groups in total. The minimum atomic E-state index is -1.05. The Bertz CT molecular complexity index is 824. The van der Waals surface area contributed by atoms with Gasteiger partial charge in [-0.3, -0.25) is 5.32 Å². The Hall–Kier alpha value is -2.81. The van der Waals surface area contributed by atoms with E-state index in [0.717, 1.165) is 16.7 Å². The Kier molecular flexibility index (Phi) is 3.32. The lowest BCUT2D eigenvalue weighted by atomic mass is 9.99. The van der Waals surface area contributed by atoms with Crippen LogP contribution in [0.2, 0.25) is 0 Å². The van der Waals surface area contributed by atoms with Crippen molar-refractivity contribution in [3.63, 3.8) is 0 Å². The van der Waals surface area contributed by atoms with Gasteiger partial charge in [0, 0.05) is 5.69 Å². The lowest BCUT2D eigenvalue weighted by Gasteiger charge is -2.09. The second-order valence-corrected chi connectivity index (χ2v) is 5.08. The Morgan fingerprint density at radius 2 is 1.67 bits per heavy atom. The van der Waals surface area contributed by atoms with Gasteiger partial charge in [0.25, 0.3) is 0 Å².